The van der Waals surface area contributed by atoms with Crippen LogP contribution < -0.4 is 10.0 Å². The number of amides is 2. The predicted molar refractivity (Wildman–Crippen MR) is 120 cm³/mol. The van der Waals surface area contributed by atoms with E-state index in [4.69, 9.17) is 0 Å². The highest BCUT2D eigenvalue weighted by atomic mass is 32.2. The number of carbonyl (C=O) groups excluding carboxylic acids is 2. The molecule has 0 saturated carbocycles. The van der Waals surface area contributed by atoms with Crippen LogP contribution in [0.2, 0.25) is 0 Å². The number of carbonyl (C=O) groups is 2. The lowest BCUT2D eigenvalue weighted by molar-refractivity contribution is -0.128. The maximum Gasteiger partial charge on any atom is 0.241 e. The van der Waals surface area contributed by atoms with Crippen molar-refractivity contribution in [2.24, 2.45) is 5.92 Å². The molecule has 31 heavy (non-hydrogen) atoms. The number of hydrogen-bond donors (Lipinski definition) is 2. The summed E-state index contributed by atoms with van der Waals surface area (Å²) < 4.78 is 27.7. The minimum atomic E-state index is -3.71. The Morgan fingerprint density at radius 2 is 1.81 bits per heavy atom. The molecule has 1 aliphatic rings. The zero-order valence-electron chi connectivity index (χ0n) is 18.1. The van der Waals surface area contributed by atoms with Crippen LogP contribution >= 0.6 is 0 Å². The summed E-state index contributed by atoms with van der Waals surface area (Å²) in [6.07, 6.45) is 0.895. The third kappa shape index (κ3) is 6.38. The lowest BCUT2D eigenvalue weighted by Crippen LogP contribution is -2.40. The first-order chi connectivity index (χ1) is 14.5. The topological polar surface area (TPSA) is 95.6 Å². The molecule has 0 unspecified atom stereocenters. The lowest BCUT2D eigenvalue weighted by atomic mass is 10.1. The maximum atomic E-state index is 12.7. The minimum absolute atomic E-state index is 0.0400. The Morgan fingerprint density at radius 3 is 2.48 bits per heavy atom. The summed E-state index contributed by atoms with van der Waals surface area (Å²) in [4.78, 5) is 26.8. The number of benzene rings is 2. The number of hydrogen-bond acceptors (Lipinski definition) is 4. The summed E-state index contributed by atoms with van der Waals surface area (Å²) in [7, 11) is -3.71. The normalized spacial score (nSPS) is 17.1. The van der Waals surface area contributed by atoms with Crippen molar-refractivity contribution < 1.29 is 18.0 Å². The van der Waals surface area contributed by atoms with Crippen LogP contribution in [-0.2, 0) is 26.0 Å². The predicted octanol–water partition coefficient (Wildman–Crippen LogP) is 2.79. The van der Waals surface area contributed by atoms with Crippen molar-refractivity contribution in [1.82, 2.24) is 9.62 Å². The van der Waals surface area contributed by atoms with Gasteiger partial charge in [0.2, 0.25) is 21.8 Å². The van der Waals surface area contributed by atoms with Crippen LogP contribution in [0.1, 0.15) is 32.8 Å². The molecule has 2 aromatic rings. The SMILES string of the molecule is CC(C)(C)NS(=O)(=O)c1cccc(NC(=O)[C@@H]2CC(=O)N(CCc3ccccc3)C2)c1. The summed E-state index contributed by atoms with van der Waals surface area (Å²) in [5.41, 5.74) is 0.910. The molecule has 0 aromatic heterocycles. The second-order valence-corrected chi connectivity index (χ2v) is 10.5. The molecule has 166 valence electrons. The number of likely N-dealkylation sites (tertiary alicyclic amines) is 1. The molecular weight excluding hydrogens is 414 g/mol. The van der Waals surface area contributed by atoms with Crippen LogP contribution in [0, 0.1) is 5.92 Å². The lowest BCUT2D eigenvalue weighted by Gasteiger charge is -2.20. The molecule has 0 bridgehead atoms. The first kappa shape index (κ1) is 23.0. The van der Waals surface area contributed by atoms with Gasteiger partial charge in [-0.05, 0) is 51.0 Å². The third-order valence-corrected chi connectivity index (χ3v) is 6.71. The van der Waals surface area contributed by atoms with E-state index in [-0.39, 0.29) is 23.1 Å². The van der Waals surface area contributed by atoms with Gasteiger partial charge in [0, 0.05) is 30.7 Å². The van der Waals surface area contributed by atoms with Crippen molar-refractivity contribution in [3.8, 4) is 0 Å². The van der Waals surface area contributed by atoms with Gasteiger partial charge >= 0.3 is 0 Å². The largest absolute Gasteiger partial charge is 0.342 e. The van der Waals surface area contributed by atoms with Crippen LogP contribution in [0.4, 0.5) is 5.69 Å². The number of sulfonamides is 1. The van der Waals surface area contributed by atoms with Gasteiger partial charge in [0.25, 0.3) is 0 Å². The summed E-state index contributed by atoms with van der Waals surface area (Å²) in [6.45, 7) is 6.21. The average molecular weight is 444 g/mol. The quantitative estimate of drug-likeness (QED) is 0.688. The zero-order chi connectivity index (χ0) is 22.6. The Kier molecular flexibility index (Phi) is 6.81. The van der Waals surface area contributed by atoms with Crippen molar-refractivity contribution in [3.05, 3.63) is 60.2 Å². The van der Waals surface area contributed by atoms with E-state index in [1.807, 2.05) is 30.3 Å². The van der Waals surface area contributed by atoms with Gasteiger partial charge in [0.1, 0.15) is 0 Å². The average Bonchev–Trinajstić information content (AvgIpc) is 3.06. The number of nitrogens with one attached hydrogen (secondary N) is 2. The van der Waals surface area contributed by atoms with Crippen LogP contribution in [0.25, 0.3) is 0 Å². The van der Waals surface area contributed by atoms with Gasteiger partial charge in [-0.3, -0.25) is 9.59 Å². The summed E-state index contributed by atoms with van der Waals surface area (Å²) in [6, 6.07) is 16.0. The van der Waals surface area contributed by atoms with E-state index in [0.717, 1.165) is 12.0 Å². The second-order valence-electron chi connectivity index (χ2n) is 8.85. The molecule has 2 N–H and O–H groups in total. The van der Waals surface area contributed by atoms with Crippen molar-refractivity contribution in [2.45, 2.75) is 44.0 Å². The molecule has 8 heteroatoms. The Morgan fingerprint density at radius 1 is 1.10 bits per heavy atom. The van der Waals surface area contributed by atoms with Gasteiger partial charge in [0.15, 0.2) is 0 Å². The first-order valence-corrected chi connectivity index (χ1v) is 11.8. The molecule has 0 spiro atoms. The fourth-order valence-corrected chi connectivity index (χ4v) is 4.98. The van der Waals surface area contributed by atoms with Crippen molar-refractivity contribution in [2.75, 3.05) is 18.4 Å². The monoisotopic (exact) mass is 443 g/mol. The molecule has 2 amide bonds. The molecule has 1 saturated heterocycles. The van der Waals surface area contributed by atoms with Crippen molar-refractivity contribution in [1.29, 1.82) is 0 Å². The molecule has 1 aliphatic heterocycles. The molecule has 1 fully saturated rings. The number of anilines is 1. The van der Waals surface area contributed by atoms with Gasteiger partial charge in [-0.25, -0.2) is 13.1 Å². The van der Waals surface area contributed by atoms with E-state index < -0.39 is 21.5 Å². The van der Waals surface area contributed by atoms with Crippen LogP contribution in [0.15, 0.2) is 59.5 Å². The standard InChI is InChI=1S/C23H29N3O4S/c1-23(2,3)25-31(29,30)20-11-7-10-19(15-20)24-22(28)18-14-21(27)26(16-18)13-12-17-8-5-4-6-9-17/h4-11,15,18,25H,12-14,16H2,1-3H3,(H,24,28)/t18-/m1/s1. The van der Waals surface area contributed by atoms with E-state index in [0.29, 0.717) is 18.8 Å². The van der Waals surface area contributed by atoms with Gasteiger partial charge in [0.05, 0.1) is 10.8 Å². The van der Waals surface area contributed by atoms with Crippen molar-refractivity contribution >= 4 is 27.5 Å². The molecule has 0 aliphatic carbocycles. The number of nitrogens with zero attached hydrogens (tertiary/aromatic N) is 1. The summed E-state index contributed by atoms with van der Waals surface area (Å²) in [5, 5.41) is 2.76. The van der Waals surface area contributed by atoms with E-state index in [2.05, 4.69) is 10.0 Å². The Balaban J connectivity index is 1.61. The van der Waals surface area contributed by atoms with Gasteiger partial charge in [-0.1, -0.05) is 36.4 Å². The highest BCUT2D eigenvalue weighted by Gasteiger charge is 2.34. The highest BCUT2D eigenvalue weighted by Crippen LogP contribution is 2.22. The molecule has 7 nitrogen and oxygen atoms in total. The molecule has 1 atom stereocenters. The van der Waals surface area contributed by atoms with Gasteiger partial charge in [-0.15, -0.1) is 0 Å². The van der Waals surface area contributed by atoms with Crippen molar-refractivity contribution in [3.63, 3.8) is 0 Å². The van der Waals surface area contributed by atoms with E-state index in [1.165, 1.54) is 12.1 Å². The first-order valence-electron chi connectivity index (χ1n) is 10.3. The maximum absolute atomic E-state index is 12.7. The van der Waals surface area contributed by atoms with E-state index >= 15 is 0 Å². The van der Waals surface area contributed by atoms with E-state index in [9.17, 15) is 18.0 Å². The van der Waals surface area contributed by atoms with E-state index in [1.54, 1.807) is 37.8 Å². The second kappa shape index (κ2) is 9.20. The fourth-order valence-electron chi connectivity index (χ4n) is 3.52. The van der Waals surface area contributed by atoms with Crippen LogP contribution in [-0.4, -0.2) is 43.8 Å². The van der Waals surface area contributed by atoms with Crippen LogP contribution in [0.3, 0.4) is 0 Å². The Bertz CT molecular complexity index is 1050. The minimum Gasteiger partial charge on any atom is -0.342 e. The van der Waals surface area contributed by atoms with Crippen LogP contribution in [0.5, 0.6) is 0 Å². The summed E-state index contributed by atoms with van der Waals surface area (Å²) in [5.74, 6) is -0.785. The third-order valence-electron chi connectivity index (χ3n) is 4.95. The van der Waals surface area contributed by atoms with Gasteiger partial charge < -0.3 is 10.2 Å². The molecule has 2 aromatic carbocycles. The number of rotatable bonds is 7. The molecule has 3 rings (SSSR count). The molecule has 1 heterocycles. The molecular formula is C23H29N3O4S. The van der Waals surface area contributed by atoms with Gasteiger partial charge in [-0.2, -0.15) is 0 Å². The highest BCUT2D eigenvalue weighted by molar-refractivity contribution is 7.89. The Labute approximate surface area is 183 Å². The fraction of sp³-hybridized carbons (Fsp3) is 0.391. The Hall–Kier alpha value is -2.71. The zero-order valence-corrected chi connectivity index (χ0v) is 18.9. The smallest absolute Gasteiger partial charge is 0.241 e. The summed E-state index contributed by atoms with van der Waals surface area (Å²) >= 11 is 0. The molecule has 0 radical (unpaired) electrons.